The molecule has 3 atom stereocenters. The largest absolute Gasteiger partial charge is 0.497 e. The first-order chi connectivity index (χ1) is 12.3. The Morgan fingerprint density at radius 2 is 1.92 bits per heavy atom. The predicted molar refractivity (Wildman–Crippen MR) is 106 cm³/mol. The van der Waals surface area contributed by atoms with Crippen molar-refractivity contribution < 1.29 is 19.2 Å². The Morgan fingerprint density at radius 3 is 2.50 bits per heavy atom. The van der Waals surface area contributed by atoms with Gasteiger partial charge in [0.25, 0.3) is 0 Å². The van der Waals surface area contributed by atoms with Crippen LogP contribution in [0.3, 0.4) is 0 Å². The van der Waals surface area contributed by atoms with Gasteiger partial charge in [0.15, 0.2) is 0 Å². The van der Waals surface area contributed by atoms with Gasteiger partial charge in [0.2, 0.25) is 0 Å². The van der Waals surface area contributed by atoms with E-state index in [4.69, 9.17) is 33.0 Å². The molecule has 0 aliphatic heterocycles. The van der Waals surface area contributed by atoms with Crippen LogP contribution in [-0.4, -0.2) is 23.8 Å². The number of carboxylic acid groups (broad SMARTS) is 1. The molecule has 1 saturated carbocycles. The molecule has 3 unspecified atom stereocenters. The van der Waals surface area contributed by atoms with Crippen LogP contribution in [0, 0.1) is 0 Å². The number of benzene rings is 2. The number of hydrogen-bond donors (Lipinski definition) is 1. The molecule has 0 amide bonds. The van der Waals surface area contributed by atoms with E-state index in [1.807, 2.05) is 24.3 Å². The molecule has 136 valence electrons. The zero-order valence-corrected chi connectivity index (χ0v) is 16.5. The quantitative estimate of drug-likeness (QED) is 0.612. The first-order valence-corrected chi connectivity index (χ1v) is 10.2. The summed E-state index contributed by atoms with van der Waals surface area (Å²) >= 11 is 12.0. The molecule has 26 heavy (non-hydrogen) atoms. The van der Waals surface area contributed by atoms with Gasteiger partial charge in [-0.15, -0.1) is 0 Å². The molecule has 1 N–H and O–H groups in total. The molecular weight excluding hydrogens is 394 g/mol. The second-order valence-corrected chi connectivity index (χ2v) is 9.08. The number of carbonyl (C=O) groups is 1. The van der Waals surface area contributed by atoms with Crippen LogP contribution in [0.1, 0.15) is 33.8 Å². The fourth-order valence-electron chi connectivity index (χ4n) is 3.04. The molecule has 4 nitrogen and oxygen atoms in total. The number of ether oxygens (including phenoxy) is 1. The van der Waals surface area contributed by atoms with Crippen molar-refractivity contribution in [1.82, 2.24) is 0 Å². The van der Waals surface area contributed by atoms with Crippen molar-refractivity contribution in [3.05, 3.63) is 69.7 Å². The molecule has 2 aromatic carbocycles. The summed E-state index contributed by atoms with van der Waals surface area (Å²) in [5.41, 5.74) is 1.48. The number of aromatic carboxylic acids is 1. The number of methoxy groups -OCH3 is 1. The maximum Gasteiger partial charge on any atom is 0.338 e. The summed E-state index contributed by atoms with van der Waals surface area (Å²) in [6.07, 6.45) is 0.818. The van der Waals surface area contributed by atoms with Crippen LogP contribution in [0.5, 0.6) is 5.75 Å². The summed E-state index contributed by atoms with van der Waals surface area (Å²) in [6.45, 7) is 3.95. The van der Waals surface area contributed by atoms with Gasteiger partial charge < -0.3 is 14.4 Å². The van der Waals surface area contributed by atoms with Crippen LogP contribution in [0.15, 0.2) is 43.0 Å². The number of halogens is 2. The van der Waals surface area contributed by atoms with Crippen molar-refractivity contribution in [2.75, 3.05) is 7.11 Å². The highest BCUT2D eigenvalue weighted by Crippen LogP contribution is 2.61. The lowest BCUT2D eigenvalue weighted by molar-refractivity contribution is 0.0697. The topological polar surface area (TPSA) is 63.6 Å². The summed E-state index contributed by atoms with van der Waals surface area (Å²) in [7, 11) is -0.542. The Hall–Kier alpha value is -1.74. The molecular formula is C19H17Cl2O4P. The zero-order chi connectivity index (χ0) is 19.0. The zero-order valence-electron chi connectivity index (χ0n) is 14.0. The van der Waals surface area contributed by atoms with E-state index in [-0.39, 0.29) is 27.2 Å². The van der Waals surface area contributed by atoms with Gasteiger partial charge in [-0.05, 0) is 47.7 Å². The van der Waals surface area contributed by atoms with E-state index < -0.39 is 13.8 Å². The maximum absolute atomic E-state index is 12.9. The fourth-order valence-corrected chi connectivity index (χ4v) is 5.59. The highest BCUT2D eigenvalue weighted by Gasteiger charge is 2.43. The lowest BCUT2D eigenvalue weighted by atomic mass is 10.1. The van der Waals surface area contributed by atoms with Crippen LogP contribution in [0.25, 0.3) is 5.31 Å². The SMILES string of the molecule is C=C(c1cc(Cl)c(C(=O)O)c(Cl)c1)[PH](=O)C1CC1c1cccc(OC)c1. The highest BCUT2D eigenvalue weighted by molar-refractivity contribution is 7.57. The molecule has 1 fully saturated rings. The van der Waals surface area contributed by atoms with E-state index in [1.54, 1.807) is 7.11 Å². The smallest absolute Gasteiger partial charge is 0.338 e. The molecule has 0 bridgehead atoms. The molecule has 0 heterocycles. The van der Waals surface area contributed by atoms with Crippen molar-refractivity contribution in [1.29, 1.82) is 0 Å². The van der Waals surface area contributed by atoms with Gasteiger partial charge in [-0.3, -0.25) is 0 Å². The minimum Gasteiger partial charge on any atom is -0.497 e. The average Bonchev–Trinajstić information content (AvgIpc) is 3.40. The summed E-state index contributed by atoms with van der Waals surface area (Å²) in [5.74, 6) is -0.225. The van der Waals surface area contributed by atoms with E-state index in [9.17, 15) is 9.36 Å². The molecule has 3 rings (SSSR count). The lowest BCUT2D eigenvalue weighted by Gasteiger charge is -2.10. The number of carboxylic acids is 1. The molecule has 7 heteroatoms. The monoisotopic (exact) mass is 410 g/mol. The summed E-state index contributed by atoms with van der Waals surface area (Å²) < 4.78 is 18.2. The van der Waals surface area contributed by atoms with Gasteiger partial charge >= 0.3 is 5.97 Å². The Morgan fingerprint density at radius 1 is 1.27 bits per heavy atom. The average molecular weight is 411 g/mol. The third kappa shape index (κ3) is 3.68. The van der Waals surface area contributed by atoms with Crippen molar-refractivity contribution in [2.45, 2.75) is 18.0 Å². The second kappa shape index (κ2) is 7.48. The Labute approximate surface area is 162 Å². The molecule has 1 aliphatic carbocycles. The molecule has 0 spiro atoms. The van der Waals surface area contributed by atoms with Gasteiger partial charge in [0.1, 0.15) is 13.6 Å². The predicted octanol–water partition coefficient (Wildman–Crippen LogP) is 5.79. The molecule has 2 aromatic rings. The number of rotatable bonds is 6. The van der Waals surface area contributed by atoms with Crippen molar-refractivity contribution in [3.63, 3.8) is 0 Å². The van der Waals surface area contributed by atoms with E-state index in [0.29, 0.717) is 10.9 Å². The normalized spacial score (nSPS) is 19.7. The van der Waals surface area contributed by atoms with E-state index >= 15 is 0 Å². The third-order valence-corrected chi connectivity index (χ3v) is 7.34. The van der Waals surface area contributed by atoms with Gasteiger partial charge in [-0.2, -0.15) is 0 Å². The van der Waals surface area contributed by atoms with Gasteiger partial charge in [0.05, 0.1) is 22.7 Å². The van der Waals surface area contributed by atoms with Crippen LogP contribution in [0.4, 0.5) is 0 Å². The van der Waals surface area contributed by atoms with Crippen molar-refractivity contribution in [3.8, 4) is 5.75 Å². The summed E-state index contributed by atoms with van der Waals surface area (Å²) in [4.78, 5) is 11.2. The van der Waals surface area contributed by atoms with Crippen LogP contribution >= 0.6 is 31.0 Å². The fraction of sp³-hybridized carbons (Fsp3) is 0.211. The first kappa shape index (κ1) is 19.0. The standard InChI is InChI=1S/C19H17Cl2O4P/c1-10(12-7-15(20)18(19(22)23)16(21)8-12)26(24)17-9-14(17)11-4-3-5-13(6-11)25-2/h3-8,14,17,26H,1,9H2,2H3,(H,22,23). The van der Waals surface area contributed by atoms with Gasteiger partial charge in [0, 0.05) is 11.0 Å². The van der Waals surface area contributed by atoms with E-state index in [1.165, 1.54) is 12.1 Å². The first-order valence-electron chi connectivity index (χ1n) is 7.93. The highest BCUT2D eigenvalue weighted by atomic mass is 35.5. The van der Waals surface area contributed by atoms with Crippen molar-refractivity contribution in [2.24, 2.45) is 0 Å². The summed E-state index contributed by atoms with van der Waals surface area (Å²) in [6, 6.07) is 10.7. The Bertz CT molecular complexity index is 903. The molecule has 0 radical (unpaired) electrons. The Kier molecular flexibility index (Phi) is 5.47. The van der Waals surface area contributed by atoms with Crippen molar-refractivity contribution >= 4 is 42.3 Å². The summed E-state index contributed by atoms with van der Waals surface area (Å²) in [5, 5.41) is 9.61. The van der Waals surface area contributed by atoms with E-state index in [0.717, 1.165) is 17.7 Å². The molecule has 0 aromatic heterocycles. The minimum absolute atomic E-state index is 0.0103. The van der Waals surface area contributed by atoms with Crippen LogP contribution in [0.2, 0.25) is 10.0 Å². The lowest BCUT2D eigenvalue weighted by Crippen LogP contribution is -1.99. The van der Waals surface area contributed by atoms with Crippen LogP contribution < -0.4 is 4.74 Å². The third-order valence-electron chi connectivity index (χ3n) is 4.55. The number of hydrogen-bond acceptors (Lipinski definition) is 3. The van der Waals surface area contributed by atoms with E-state index in [2.05, 4.69) is 6.58 Å². The van der Waals surface area contributed by atoms with Gasteiger partial charge in [-0.25, -0.2) is 4.79 Å². The van der Waals surface area contributed by atoms with Crippen LogP contribution in [-0.2, 0) is 4.57 Å². The molecule has 0 saturated heterocycles. The maximum atomic E-state index is 12.9. The second-order valence-electron chi connectivity index (χ2n) is 6.19. The molecule has 1 aliphatic rings. The van der Waals surface area contributed by atoms with Gasteiger partial charge in [-0.1, -0.05) is 41.9 Å². The Balaban J connectivity index is 1.79. The minimum atomic E-state index is -2.16.